The van der Waals surface area contributed by atoms with Crippen LogP contribution >= 0.6 is 0 Å². The number of nitrogens with one attached hydrogen (secondary N) is 3. The molecule has 0 bridgehead atoms. The van der Waals surface area contributed by atoms with Crippen molar-refractivity contribution in [2.75, 3.05) is 6.54 Å². The number of carbonyl (C=O) groups excluding carboxylic acids is 5. The summed E-state index contributed by atoms with van der Waals surface area (Å²) < 4.78 is 217. The summed E-state index contributed by atoms with van der Waals surface area (Å²) in [6, 6.07) is -10.5. The molecule has 0 aromatic carbocycles. The molecule has 1 aliphatic heterocycles. The average Bonchev–Trinajstić information content (AvgIpc) is 3.58. The Kier molecular flexibility index (Phi) is 2.55. The molecule has 0 spiro atoms. The van der Waals surface area contributed by atoms with Crippen LogP contribution in [0.3, 0.4) is 0 Å². The van der Waals surface area contributed by atoms with Crippen LogP contribution in [0, 0.1) is 28.6 Å². The molecular formula is C27H45N5O5. The Bertz CT molecular complexity index is 1810. The minimum atomic E-state index is -4.23. The van der Waals surface area contributed by atoms with Crippen molar-refractivity contribution in [3.8, 4) is 0 Å². The Morgan fingerprint density at radius 1 is 1.11 bits per heavy atom. The van der Waals surface area contributed by atoms with Crippen LogP contribution in [-0.2, 0) is 19.2 Å². The molecule has 5 N–H and O–H groups in total. The molecule has 5 atom stereocenters. The highest BCUT2D eigenvalue weighted by molar-refractivity contribution is 6.37. The molecule has 0 aromatic heterocycles. The highest BCUT2D eigenvalue weighted by Gasteiger charge is 2.70. The summed E-state index contributed by atoms with van der Waals surface area (Å²) in [7, 11) is 0. The molecule has 3 fully saturated rings. The standard InChI is InChI=1S/C27H45N5O5/c1-25(2,3)20(30-24(37)31-26(4,5)6)23(36)32-13-15-17(27(15,7)8)18(32)22(35)29-16(19(33)21(28)34)12-14-10-9-11-14/h14-18,20H,9-13H2,1-8H3,(H2,28,34)(H,29,35)(H2,30,31,37)/t15-,16?,17-,18-,20+/m0/s1/i1D3,2D3,4D3,5D3,6D3,7D3,8D3,9D2,10D2,11D2. The molecule has 0 radical (unpaired) electrons. The fourth-order valence-electron chi connectivity index (χ4n) is 4.41. The third-order valence-corrected chi connectivity index (χ3v) is 6.30. The lowest BCUT2D eigenvalue weighted by atomic mass is 9.80. The van der Waals surface area contributed by atoms with Crippen molar-refractivity contribution in [3.05, 3.63) is 0 Å². The molecular weight excluding hydrogens is 474 g/mol. The van der Waals surface area contributed by atoms with Gasteiger partial charge in [-0.3, -0.25) is 19.2 Å². The number of ketones is 1. The molecule has 10 nitrogen and oxygen atoms in total. The van der Waals surface area contributed by atoms with Gasteiger partial charge in [-0.15, -0.1) is 0 Å². The van der Waals surface area contributed by atoms with Gasteiger partial charge in [0, 0.05) is 49.1 Å². The highest BCUT2D eigenvalue weighted by Crippen LogP contribution is 2.65. The number of amides is 5. The van der Waals surface area contributed by atoms with E-state index in [1.54, 1.807) is 0 Å². The van der Waals surface area contributed by atoms with Gasteiger partial charge >= 0.3 is 6.03 Å². The second-order valence-electron chi connectivity index (χ2n) is 9.41. The van der Waals surface area contributed by atoms with E-state index in [1.165, 1.54) is 10.6 Å². The third-order valence-electron chi connectivity index (χ3n) is 6.30. The van der Waals surface area contributed by atoms with E-state index < -0.39 is 162 Å². The van der Waals surface area contributed by atoms with Crippen molar-refractivity contribution in [2.24, 2.45) is 34.3 Å². The van der Waals surface area contributed by atoms with Gasteiger partial charge in [-0.2, -0.15) is 0 Å². The smallest absolute Gasteiger partial charge is 0.315 e. The fraction of sp³-hybridized carbons (Fsp3) is 0.815. The molecule has 0 aromatic rings. The quantitative estimate of drug-likeness (QED) is 0.342. The van der Waals surface area contributed by atoms with Gasteiger partial charge in [0.25, 0.3) is 5.91 Å². The molecule has 3 aliphatic rings. The Hall–Kier alpha value is -2.65. The summed E-state index contributed by atoms with van der Waals surface area (Å²) >= 11 is 0. The summed E-state index contributed by atoms with van der Waals surface area (Å²) in [4.78, 5) is 68.6. The molecule has 1 unspecified atom stereocenters. The number of nitrogens with two attached hydrogens (primary N) is 1. The van der Waals surface area contributed by atoms with Crippen LogP contribution in [0.1, 0.15) is 117 Å². The molecule has 37 heavy (non-hydrogen) atoms. The summed E-state index contributed by atoms with van der Waals surface area (Å²) in [5.41, 5.74) is -5.66. The van der Waals surface area contributed by atoms with Gasteiger partial charge in [-0.1, -0.05) is 53.5 Å². The van der Waals surface area contributed by atoms with E-state index in [-0.39, 0.29) is 4.90 Å². The van der Waals surface area contributed by atoms with Crippen LogP contribution in [-0.4, -0.2) is 64.6 Å². The van der Waals surface area contributed by atoms with Crippen molar-refractivity contribution < 1.29 is 61.0 Å². The lowest BCUT2D eigenvalue weighted by Crippen LogP contribution is -2.62. The predicted octanol–water partition coefficient (Wildman–Crippen LogP) is 1.71. The lowest BCUT2D eigenvalue weighted by molar-refractivity contribution is -0.145. The predicted molar refractivity (Wildman–Crippen MR) is 139 cm³/mol. The summed E-state index contributed by atoms with van der Waals surface area (Å²) in [6.07, 6.45) is -10.7. The minimum absolute atomic E-state index is 0.178. The Morgan fingerprint density at radius 3 is 2.35 bits per heavy atom. The Labute approximate surface area is 258 Å². The molecule has 1 saturated heterocycles. The SMILES string of the molecule is [2H]C([2H])([2H])C(C)([C@H](NC(=O)NC(C([2H])([2H])[2H])(C([2H])([2H])[2H])C([2H])([2H])[2H])C(=O)N1C[C@H]2[C@@H]([C@H]1C(=O)NC(CC1C([2H])([2H])C([2H])([2H])C1([2H])[2H])C(=O)C(N)=O)C2(C([2H])([2H])[2H])C([2H])([2H])[2H])C([2H])([2H])[2H]. The third kappa shape index (κ3) is 6.26. The molecule has 208 valence electrons. The zero-order chi connectivity index (χ0) is 51.0. The maximum absolute atomic E-state index is 14.9. The van der Waals surface area contributed by atoms with E-state index in [1.807, 2.05) is 5.32 Å². The Balaban J connectivity index is 2.34. The van der Waals surface area contributed by atoms with Gasteiger partial charge in [-0.05, 0) is 55.6 Å². The molecule has 2 saturated carbocycles. The average molecular weight is 547 g/mol. The van der Waals surface area contributed by atoms with Crippen molar-refractivity contribution in [2.45, 2.75) is 104 Å². The second kappa shape index (κ2) is 9.91. The molecule has 3 rings (SSSR count). The van der Waals surface area contributed by atoms with Gasteiger partial charge in [-0.25, -0.2) is 4.79 Å². The van der Waals surface area contributed by atoms with Crippen LogP contribution in [0.4, 0.5) is 4.79 Å². The zero-order valence-corrected chi connectivity index (χ0v) is 19.4. The van der Waals surface area contributed by atoms with E-state index in [4.69, 9.17) is 42.7 Å². The van der Waals surface area contributed by atoms with Crippen LogP contribution in [0.2, 0.25) is 0 Å². The van der Waals surface area contributed by atoms with E-state index in [9.17, 15) is 24.0 Å². The van der Waals surface area contributed by atoms with Crippen LogP contribution in [0.25, 0.3) is 0 Å². The number of carbonyl (C=O) groups is 5. The number of urea groups is 1. The number of hydrogen-bond acceptors (Lipinski definition) is 5. The fourth-order valence-corrected chi connectivity index (χ4v) is 4.41. The van der Waals surface area contributed by atoms with Gasteiger partial charge < -0.3 is 26.6 Å². The van der Waals surface area contributed by atoms with Crippen molar-refractivity contribution >= 4 is 29.5 Å². The van der Waals surface area contributed by atoms with Gasteiger partial charge in [0.2, 0.25) is 17.6 Å². The normalized spacial score (nSPS) is 43.5. The first kappa shape index (κ1) is 9.52. The number of likely N-dealkylation sites (tertiary alicyclic amines) is 1. The molecule has 10 heteroatoms. The largest absolute Gasteiger partial charge is 0.363 e. The second-order valence-corrected chi connectivity index (χ2v) is 9.41. The van der Waals surface area contributed by atoms with E-state index in [0.717, 1.165) is 0 Å². The maximum atomic E-state index is 14.9. The van der Waals surface area contributed by atoms with Crippen molar-refractivity contribution in [1.82, 2.24) is 20.9 Å². The monoisotopic (exact) mass is 547 g/mol. The van der Waals surface area contributed by atoms with Gasteiger partial charge in [0.15, 0.2) is 0 Å². The molecule has 2 aliphatic carbocycles. The van der Waals surface area contributed by atoms with Crippen LogP contribution in [0.5, 0.6) is 0 Å². The lowest BCUT2D eigenvalue weighted by Gasteiger charge is -2.38. The number of fused-ring (bicyclic) bond motifs is 1. The topological polar surface area (TPSA) is 151 Å². The summed E-state index contributed by atoms with van der Waals surface area (Å²) in [5, 5.41) is 4.63. The zero-order valence-electron chi connectivity index (χ0n) is 46.4. The van der Waals surface area contributed by atoms with Gasteiger partial charge in [0.05, 0.1) is 6.04 Å². The van der Waals surface area contributed by atoms with Gasteiger partial charge in [0.1, 0.15) is 12.1 Å². The number of Topliss-reactive ketones (excluding diaryl/α,β-unsaturated/α-hetero) is 1. The first-order chi connectivity index (χ1) is 27.9. The molecule has 5 amide bonds. The van der Waals surface area contributed by atoms with Crippen LogP contribution < -0.4 is 21.7 Å². The highest BCUT2D eigenvalue weighted by atomic mass is 16.2. The summed E-state index contributed by atoms with van der Waals surface area (Å²) in [5.74, 6) is -13.6. The number of nitrogens with zero attached hydrogens (tertiary/aromatic N) is 1. The Morgan fingerprint density at radius 2 is 1.78 bits per heavy atom. The first-order valence-electron chi connectivity index (χ1n) is 24.4. The number of hydrogen-bond donors (Lipinski definition) is 4. The maximum Gasteiger partial charge on any atom is 0.315 e. The number of primary amides is 1. The number of piperidine rings is 1. The van der Waals surface area contributed by atoms with E-state index in [0.29, 0.717) is 6.92 Å². The number of rotatable bonds is 8. The first-order valence-corrected chi connectivity index (χ1v) is 10.9. The van der Waals surface area contributed by atoms with E-state index >= 15 is 0 Å². The van der Waals surface area contributed by atoms with Crippen LogP contribution in [0.15, 0.2) is 0 Å². The minimum Gasteiger partial charge on any atom is -0.363 e. The van der Waals surface area contributed by atoms with Crippen molar-refractivity contribution in [3.63, 3.8) is 0 Å². The van der Waals surface area contributed by atoms with Crippen molar-refractivity contribution in [1.29, 1.82) is 0 Å². The van der Waals surface area contributed by atoms with E-state index in [2.05, 4.69) is 0 Å². The summed E-state index contributed by atoms with van der Waals surface area (Å²) in [6.45, 7) is -28.4. The molecule has 1 heterocycles.